The summed E-state index contributed by atoms with van der Waals surface area (Å²) < 4.78 is 16.9. The van der Waals surface area contributed by atoms with Gasteiger partial charge in [0.2, 0.25) is 10.9 Å². The van der Waals surface area contributed by atoms with Crippen LogP contribution in [0.25, 0.3) is 0 Å². The van der Waals surface area contributed by atoms with E-state index in [-0.39, 0.29) is 11.8 Å². The number of aromatic nitrogens is 2. The predicted molar refractivity (Wildman–Crippen MR) is 102 cm³/mol. The highest BCUT2D eigenvalue weighted by molar-refractivity contribution is 7.15. The fraction of sp³-hybridized carbons (Fsp3) is 0.500. The molecule has 142 valence electrons. The zero-order valence-corrected chi connectivity index (χ0v) is 16.6. The van der Waals surface area contributed by atoms with Crippen molar-refractivity contribution in [3.8, 4) is 17.2 Å². The summed E-state index contributed by atoms with van der Waals surface area (Å²) in [5.74, 6) is 1.42. The summed E-state index contributed by atoms with van der Waals surface area (Å²) >= 11 is 1.36. The summed E-state index contributed by atoms with van der Waals surface area (Å²) in [6, 6.07) is 3.30. The van der Waals surface area contributed by atoms with Gasteiger partial charge in [0.05, 0.1) is 19.8 Å². The van der Waals surface area contributed by atoms with Gasteiger partial charge in [0.25, 0.3) is 5.91 Å². The van der Waals surface area contributed by atoms with E-state index in [1.807, 2.05) is 34.6 Å². The molecule has 0 aliphatic rings. The Morgan fingerprint density at radius 2 is 1.62 bits per heavy atom. The monoisotopic (exact) mass is 379 g/mol. The second kappa shape index (κ2) is 9.38. The Morgan fingerprint density at radius 3 is 2.08 bits per heavy atom. The molecule has 0 spiro atoms. The molecule has 0 unspecified atom stereocenters. The van der Waals surface area contributed by atoms with Crippen LogP contribution < -0.4 is 19.5 Å². The number of hydrogen-bond acceptors (Lipinski definition) is 7. The van der Waals surface area contributed by atoms with E-state index in [9.17, 15) is 4.79 Å². The molecule has 26 heavy (non-hydrogen) atoms. The number of anilines is 1. The van der Waals surface area contributed by atoms with Crippen LogP contribution in [0.4, 0.5) is 5.13 Å². The molecule has 0 saturated heterocycles. The third kappa shape index (κ3) is 4.85. The normalized spacial score (nSPS) is 10.7. The lowest BCUT2D eigenvalue weighted by atomic mass is 10.1. The molecule has 1 heterocycles. The van der Waals surface area contributed by atoms with Gasteiger partial charge in [-0.15, -0.1) is 10.2 Å². The molecule has 1 N–H and O–H groups in total. The SMILES string of the molecule is CCOc1cc(C(=O)Nc2nnc(C(C)C)s2)cc(OCC)c1OCC. The quantitative estimate of drug-likeness (QED) is 0.706. The molecule has 7 nitrogen and oxygen atoms in total. The smallest absolute Gasteiger partial charge is 0.257 e. The Morgan fingerprint density at radius 1 is 1.04 bits per heavy atom. The molecule has 0 bridgehead atoms. The van der Waals surface area contributed by atoms with Gasteiger partial charge in [0, 0.05) is 11.5 Å². The van der Waals surface area contributed by atoms with Gasteiger partial charge in [0.15, 0.2) is 11.5 Å². The minimum absolute atomic E-state index is 0.262. The van der Waals surface area contributed by atoms with Crippen LogP contribution >= 0.6 is 11.3 Å². The fourth-order valence-corrected chi connectivity index (χ4v) is 2.95. The van der Waals surface area contributed by atoms with E-state index in [4.69, 9.17) is 14.2 Å². The van der Waals surface area contributed by atoms with Gasteiger partial charge < -0.3 is 14.2 Å². The Kier molecular flexibility index (Phi) is 7.20. The fourth-order valence-electron chi connectivity index (χ4n) is 2.21. The van der Waals surface area contributed by atoms with Crippen molar-refractivity contribution in [3.05, 3.63) is 22.7 Å². The summed E-state index contributed by atoms with van der Waals surface area (Å²) in [5, 5.41) is 12.2. The van der Waals surface area contributed by atoms with Crippen LogP contribution in [0.5, 0.6) is 17.2 Å². The van der Waals surface area contributed by atoms with Crippen molar-refractivity contribution in [2.75, 3.05) is 25.1 Å². The molecular formula is C18H25N3O4S. The van der Waals surface area contributed by atoms with Gasteiger partial charge in [-0.1, -0.05) is 25.2 Å². The molecule has 2 aromatic rings. The highest BCUT2D eigenvalue weighted by Gasteiger charge is 2.19. The Balaban J connectivity index is 2.32. The molecule has 0 saturated carbocycles. The van der Waals surface area contributed by atoms with Gasteiger partial charge in [-0.25, -0.2) is 0 Å². The number of rotatable bonds is 9. The van der Waals surface area contributed by atoms with Crippen LogP contribution in [0.1, 0.15) is 55.9 Å². The third-order valence-corrected chi connectivity index (χ3v) is 4.47. The number of ether oxygens (including phenoxy) is 3. The number of hydrogen-bond donors (Lipinski definition) is 1. The Labute approximate surface area is 157 Å². The van der Waals surface area contributed by atoms with Gasteiger partial charge in [0.1, 0.15) is 5.01 Å². The van der Waals surface area contributed by atoms with Crippen molar-refractivity contribution in [2.24, 2.45) is 0 Å². The van der Waals surface area contributed by atoms with Gasteiger partial charge in [-0.2, -0.15) is 0 Å². The molecular weight excluding hydrogens is 354 g/mol. The average molecular weight is 379 g/mol. The minimum Gasteiger partial charge on any atom is -0.490 e. The van der Waals surface area contributed by atoms with Crippen LogP contribution in [0.3, 0.4) is 0 Å². The van der Waals surface area contributed by atoms with Gasteiger partial charge in [-0.05, 0) is 32.9 Å². The molecule has 0 aliphatic heterocycles. The first kappa shape index (κ1) is 20.0. The predicted octanol–water partition coefficient (Wildman–Crippen LogP) is 4.11. The summed E-state index contributed by atoms with van der Waals surface area (Å²) in [6.07, 6.45) is 0. The highest BCUT2D eigenvalue weighted by Crippen LogP contribution is 2.39. The molecule has 0 atom stereocenters. The van der Waals surface area contributed by atoms with Crippen LogP contribution in [-0.2, 0) is 0 Å². The van der Waals surface area contributed by atoms with E-state index in [2.05, 4.69) is 15.5 Å². The molecule has 8 heteroatoms. The maximum Gasteiger partial charge on any atom is 0.257 e. The topological polar surface area (TPSA) is 82.6 Å². The van der Waals surface area contributed by atoms with Crippen molar-refractivity contribution in [3.63, 3.8) is 0 Å². The zero-order chi connectivity index (χ0) is 19.1. The lowest BCUT2D eigenvalue weighted by Crippen LogP contribution is -2.13. The van der Waals surface area contributed by atoms with Crippen molar-refractivity contribution in [1.82, 2.24) is 10.2 Å². The molecule has 1 aromatic carbocycles. The van der Waals surface area contributed by atoms with E-state index >= 15 is 0 Å². The number of carbonyl (C=O) groups is 1. The molecule has 0 radical (unpaired) electrons. The van der Waals surface area contributed by atoms with E-state index in [1.54, 1.807) is 12.1 Å². The maximum absolute atomic E-state index is 12.7. The van der Waals surface area contributed by atoms with E-state index < -0.39 is 0 Å². The van der Waals surface area contributed by atoms with Gasteiger partial charge in [-0.3, -0.25) is 10.1 Å². The average Bonchev–Trinajstić information content (AvgIpc) is 3.06. The molecule has 2 rings (SSSR count). The second-order valence-corrected chi connectivity index (χ2v) is 6.66. The number of benzene rings is 1. The number of nitrogens with one attached hydrogen (secondary N) is 1. The zero-order valence-electron chi connectivity index (χ0n) is 15.8. The minimum atomic E-state index is -0.304. The van der Waals surface area contributed by atoms with Crippen LogP contribution in [0.2, 0.25) is 0 Å². The number of amides is 1. The van der Waals surface area contributed by atoms with Crippen molar-refractivity contribution in [1.29, 1.82) is 0 Å². The number of nitrogens with zero attached hydrogens (tertiary/aromatic N) is 2. The number of carbonyl (C=O) groups excluding carboxylic acids is 1. The van der Waals surface area contributed by atoms with E-state index in [1.165, 1.54) is 11.3 Å². The van der Waals surface area contributed by atoms with Crippen LogP contribution in [0.15, 0.2) is 12.1 Å². The van der Waals surface area contributed by atoms with Gasteiger partial charge >= 0.3 is 0 Å². The Bertz CT molecular complexity index is 719. The summed E-state index contributed by atoms with van der Waals surface area (Å²) in [5.41, 5.74) is 0.404. The molecule has 1 amide bonds. The summed E-state index contributed by atoms with van der Waals surface area (Å²) in [7, 11) is 0. The largest absolute Gasteiger partial charge is 0.490 e. The molecule has 1 aromatic heterocycles. The molecule has 0 fully saturated rings. The first-order chi connectivity index (χ1) is 12.5. The third-order valence-electron chi connectivity index (χ3n) is 3.33. The van der Waals surface area contributed by atoms with Crippen molar-refractivity contribution >= 4 is 22.4 Å². The summed E-state index contributed by atoms with van der Waals surface area (Å²) in [4.78, 5) is 12.7. The first-order valence-corrected chi connectivity index (χ1v) is 9.52. The second-order valence-electron chi connectivity index (χ2n) is 5.65. The Hall–Kier alpha value is -2.35. The lowest BCUT2D eigenvalue weighted by molar-refractivity contribution is 0.102. The van der Waals surface area contributed by atoms with Crippen molar-refractivity contribution < 1.29 is 19.0 Å². The van der Waals surface area contributed by atoms with E-state index in [0.717, 1.165) is 5.01 Å². The molecule has 0 aliphatic carbocycles. The first-order valence-electron chi connectivity index (χ1n) is 8.71. The van der Waals surface area contributed by atoms with E-state index in [0.29, 0.717) is 47.8 Å². The van der Waals surface area contributed by atoms with Crippen LogP contribution in [0, 0.1) is 0 Å². The summed E-state index contributed by atoms with van der Waals surface area (Å²) in [6.45, 7) is 11.1. The van der Waals surface area contributed by atoms with Crippen molar-refractivity contribution in [2.45, 2.75) is 40.5 Å². The maximum atomic E-state index is 12.7. The lowest BCUT2D eigenvalue weighted by Gasteiger charge is -2.16. The highest BCUT2D eigenvalue weighted by atomic mass is 32.1. The van der Waals surface area contributed by atoms with Crippen LogP contribution in [-0.4, -0.2) is 35.9 Å². The standard InChI is InChI=1S/C18H25N3O4S/c1-6-23-13-9-12(10-14(24-7-2)15(13)25-8-3)16(22)19-18-21-20-17(26-18)11(4)5/h9-11H,6-8H2,1-5H3,(H,19,21,22).